The minimum Gasteiger partial charge on any atom is -0.307 e. The lowest BCUT2D eigenvalue weighted by Crippen LogP contribution is -2.03. The van der Waals surface area contributed by atoms with E-state index in [9.17, 15) is 5.26 Å². The van der Waals surface area contributed by atoms with Crippen molar-refractivity contribution in [2.24, 2.45) is 0 Å². The van der Waals surface area contributed by atoms with E-state index < -0.39 is 0 Å². The van der Waals surface area contributed by atoms with E-state index in [0.717, 1.165) is 55.8 Å². The quantitative estimate of drug-likeness (QED) is 0.180. The summed E-state index contributed by atoms with van der Waals surface area (Å²) in [6, 6.07) is 60.4. The highest BCUT2D eigenvalue weighted by Gasteiger charge is 2.20. The molecule has 4 heteroatoms. The monoisotopic (exact) mass is 690 g/mol. The van der Waals surface area contributed by atoms with Gasteiger partial charge in [-0.05, 0) is 84.1 Å². The molecule has 0 fully saturated rings. The molecule has 3 heterocycles. The van der Waals surface area contributed by atoms with Crippen molar-refractivity contribution in [3.8, 4) is 51.0 Å². The van der Waals surface area contributed by atoms with E-state index in [1.807, 2.05) is 24.4 Å². The standard InChI is InChI=1S/C50H34N4/c1-32-10-7-13-35(24-32)37-20-22-42-40-16-3-5-18-45(40)53(47(42)27-37)49-31-52-50(29-44(49)39-15-9-12-34(26-39)30-51)54-46-19-6-4-17-41(46)43-23-21-38(28-48(43)54)36-14-8-11-33(2)25-36/h3-29,31H,1-2H3. The summed E-state index contributed by atoms with van der Waals surface area (Å²) in [6.07, 6.45) is 2.01. The van der Waals surface area contributed by atoms with Crippen molar-refractivity contribution >= 4 is 43.6 Å². The molecule has 0 radical (unpaired) electrons. The number of hydrogen-bond donors (Lipinski definition) is 0. The van der Waals surface area contributed by atoms with Crippen molar-refractivity contribution in [1.82, 2.24) is 14.1 Å². The first-order valence-corrected chi connectivity index (χ1v) is 18.3. The zero-order chi connectivity index (χ0) is 36.3. The molecule has 3 aromatic heterocycles. The van der Waals surface area contributed by atoms with Gasteiger partial charge in [0, 0.05) is 27.1 Å². The van der Waals surface area contributed by atoms with Gasteiger partial charge in [0.2, 0.25) is 0 Å². The Hall–Kier alpha value is -7.22. The maximum absolute atomic E-state index is 10.0. The third-order valence-corrected chi connectivity index (χ3v) is 10.7. The number of nitrogens with zero attached hydrogens (tertiary/aromatic N) is 4. The number of benzene rings is 7. The highest BCUT2D eigenvalue weighted by atomic mass is 15.1. The third-order valence-electron chi connectivity index (χ3n) is 10.7. The average molecular weight is 691 g/mol. The first kappa shape index (κ1) is 31.5. The first-order chi connectivity index (χ1) is 26.5. The second-order valence-electron chi connectivity index (χ2n) is 14.2. The van der Waals surface area contributed by atoms with Gasteiger partial charge in [0.25, 0.3) is 0 Å². The third kappa shape index (κ3) is 5.10. The number of nitriles is 1. The zero-order valence-corrected chi connectivity index (χ0v) is 30.0. The Morgan fingerprint density at radius 2 is 0.963 bits per heavy atom. The number of para-hydroxylation sites is 2. The topological polar surface area (TPSA) is 46.5 Å². The summed E-state index contributed by atoms with van der Waals surface area (Å²) in [5, 5.41) is 14.7. The molecular formula is C50H34N4. The van der Waals surface area contributed by atoms with E-state index in [0.29, 0.717) is 5.56 Å². The Balaban J connectivity index is 1.27. The lowest BCUT2D eigenvalue weighted by atomic mass is 10.0. The average Bonchev–Trinajstić information content (AvgIpc) is 3.72. The second-order valence-corrected chi connectivity index (χ2v) is 14.2. The van der Waals surface area contributed by atoms with E-state index in [1.54, 1.807) is 0 Å². The number of hydrogen-bond acceptors (Lipinski definition) is 2. The Morgan fingerprint density at radius 1 is 0.444 bits per heavy atom. The summed E-state index contributed by atoms with van der Waals surface area (Å²) in [7, 11) is 0. The molecule has 0 aliphatic heterocycles. The number of fused-ring (bicyclic) bond motifs is 6. The van der Waals surface area contributed by atoms with E-state index in [2.05, 4.69) is 175 Å². The van der Waals surface area contributed by atoms with Crippen LogP contribution >= 0.6 is 0 Å². The Kier molecular flexibility index (Phi) is 7.28. The van der Waals surface area contributed by atoms with E-state index in [1.165, 1.54) is 43.8 Å². The van der Waals surface area contributed by atoms with Gasteiger partial charge < -0.3 is 4.57 Å². The lowest BCUT2D eigenvalue weighted by Gasteiger charge is -2.17. The van der Waals surface area contributed by atoms with Crippen LogP contribution in [0.3, 0.4) is 0 Å². The fourth-order valence-electron chi connectivity index (χ4n) is 8.18. The number of aryl methyl sites for hydroxylation is 2. The molecule has 254 valence electrons. The minimum absolute atomic E-state index is 0.612. The van der Waals surface area contributed by atoms with Gasteiger partial charge in [0.05, 0.1) is 45.6 Å². The Labute approximate surface area is 313 Å². The van der Waals surface area contributed by atoms with Gasteiger partial charge >= 0.3 is 0 Å². The molecule has 10 rings (SSSR count). The molecule has 0 atom stereocenters. The molecule has 0 amide bonds. The van der Waals surface area contributed by atoms with Crippen molar-refractivity contribution in [1.29, 1.82) is 5.26 Å². The second kappa shape index (κ2) is 12.5. The van der Waals surface area contributed by atoms with Gasteiger partial charge in [-0.1, -0.05) is 132 Å². The number of rotatable bonds is 5. The van der Waals surface area contributed by atoms with Crippen molar-refractivity contribution < 1.29 is 0 Å². The lowest BCUT2D eigenvalue weighted by molar-refractivity contribution is 1.06. The van der Waals surface area contributed by atoms with Crippen LogP contribution in [0.5, 0.6) is 0 Å². The van der Waals surface area contributed by atoms with Gasteiger partial charge in [-0.2, -0.15) is 5.26 Å². The van der Waals surface area contributed by atoms with Crippen molar-refractivity contribution in [2.75, 3.05) is 0 Å². The maximum Gasteiger partial charge on any atom is 0.138 e. The van der Waals surface area contributed by atoms with Crippen LogP contribution in [0.1, 0.15) is 16.7 Å². The molecule has 0 aliphatic rings. The highest BCUT2D eigenvalue weighted by Crippen LogP contribution is 2.40. The van der Waals surface area contributed by atoms with Gasteiger partial charge in [-0.15, -0.1) is 0 Å². The molecule has 10 aromatic rings. The Morgan fingerprint density at radius 3 is 1.57 bits per heavy atom. The molecule has 0 spiro atoms. The van der Waals surface area contributed by atoms with E-state index in [-0.39, 0.29) is 0 Å². The molecule has 0 saturated heterocycles. The van der Waals surface area contributed by atoms with Gasteiger partial charge in [0.15, 0.2) is 0 Å². The highest BCUT2D eigenvalue weighted by molar-refractivity contribution is 6.12. The van der Waals surface area contributed by atoms with E-state index in [4.69, 9.17) is 4.98 Å². The van der Waals surface area contributed by atoms with Crippen LogP contribution in [0.15, 0.2) is 170 Å². The van der Waals surface area contributed by atoms with Crippen molar-refractivity contribution in [2.45, 2.75) is 13.8 Å². The first-order valence-electron chi connectivity index (χ1n) is 18.3. The molecule has 0 aliphatic carbocycles. The fraction of sp³-hybridized carbons (Fsp3) is 0.0400. The molecule has 4 nitrogen and oxygen atoms in total. The summed E-state index contributed by atoms with van der Waals surface area (Å²) in [4.78, 5) is 5.31. The van der Waals surface area contributed by atoms with Crippen LogP contribution in [0, 0.1) is 25.2 Å². The predicted molar refractivity (Wildman–Crippen MR) is 223 cm³/mol. The largest absolute Gasteiger partial charge is 0.307 e. The normalized spacial score (nSPS) is 11.5. The fourth-order valence-corrected chi connectivity index (χ4v) is 8.18. The number of aromatic nitrogens is 3. The van der Waals surface area contributed by atoms with Gasteiger partial charge in [-0.3, -0.25) is 4.57 Å². The van der Waals surface area contributed by atoms with Crippen LogP contribution in [0.4, 0.5) is 0 Å². The molecule has 0 N–H and O–H groups in total. The minimum atomic E-state index is 0.612. The summed E-state index contributed by atoms with van der Waals surface area (Å²) < 4.78 is 4.63. The molecule has 7 aromatic carbocycles. The van der Waals surface area contributed by atoms with Crippen molar-refractivity contribution in [3.05, 3.63) is 187 Å². The maximum atomic E-state index is 10.0. The van der Waals surface area contributed by atoms with Crippen LogP contribution in [0.2, 0.25) is 0 Å². The smallest absolute Gasteiger partial charge is 0.138 e. The van der Waals surface area contributed by atoms with Crippen molar-refractivity contribution in [3.63, 3.8) is 0 Å². The summed E-state index contributed by atoms with van der Waals surface area (Å²) in [5.74, 6) is 0.810. The Bertz CT molecular complexity index is 3150. The van der Waals surface area contributed by atoms with Crippen LogP contribution < -0.4 is 0 Å². The SMILES string of the molecule is Cc1cccc(-c2ccc3c4ccccc4n(-c4cc(-c5cccc(C#N)c5)c(-n5c6ccccc6c6ccc(-c7cccc(C)c7)cc65)cn4)c3c2)c1. The predicted octanol–water partition coefficient (Wildman–Crippen LogP) is 12.8. The van der Waals surface area contributed by atoms with Gasteiger partial charge in [0.1, 0.15) is 5.82 Å². The molecule has 0 bridgehead atoms. The molecule has 54 heavy (non-hydrogen) atoms. The van der Waals surface area contributed by atoms with E-state index >= 15 is 0 Å². The van der Waals surface area contributed by atoms with Crippen LogP contribution in [-0.4, -0.2) is 14.1 Å². The molecular weight excluding hydrogens is 657 g/mol. The summed E-state index contributed by atoms with van der Waals surface area (Å²) in [5.41, 5.74) is 15.0. The van der Waals surface area contributed by atoms with Crippen LogP contribution in [-0.2, 0) is 0 Å². The summed E-state index contributed by atoms with van der Waals surface area (Å²) >= 11 is 0. The van der Waals surface area contributed by atoms with Crippen LogP contribution in [0.25, 0.3) is 88.5 Å². The zero-order valence-electron chi connectivity index (χ0n) is 30.0. The summed E-state index contributed by atoms with van der Waals surface area (Å²) in [6.45, 7) is 4.27. The molecule has 0 unspecified atom stereocenters. The van der Waals surface area contributed by atoms with Gasteiger partial charge in [-0.25, -0.2) is 4.98 Å². The number of pyridine rings is 1. The molecule has 0 saturated carbocycles.